The molecule has 2 rings (SSSR count). The first-order valence-corrected chi connectivity index (χ1v) is 7.79. The van der Waals surface area contributed by atoms with Crippen LogP contribution >= 0.6 is 0 Å². The molecule has 0 spiro atoms. The zero-order chi connectivity index (χ0) is 17.2. The molecule has 2 aromatic rings. The molecule has 0 bridgehead atoms. The molecule has 0 amide bonds. The molecule has 3 heteroatoms. The van der Waals surface area contributed by atoms with Crippen LogP contribution in [0.5, 0.6) is 0 Å². The summed E-state index contributed by atoms with van der Waals surface area (Å²) in [6.07, 6.45) is 2.74. The summed E-state index contributed by atoms with van der Waals surface area (Å²) in [5, 5.41) is 8.82. The van der Waals surface area contributed by atoms with E-state index >= 15 is 0 Å². The fourth-order valence-electron chi connectivity index (χ4n) is 2.07. The molecule has 0 saturated carbocycles. The van der Waals surface area contributed by atoms with Crippen molar-refractivity contribution >= 4 is 5.57 Å². The molecule has 0 atom stereocenters. The van der Waals surface area contributed by atoms with Crippen LogP contribution in [0.15, 0.2) is 54.6 Å². The van der Waals surface area contributed by atoms with E-state index in [1.807, 2.05) is 25.1 Å². The van der Waals surface area contributed by atoms with Crippen molar-refractivity contribution in [1.29, 1.82) is 5.26 Å². The van der Waals surface area contributed by atoms with E-state index in [-0.39, 0.29) is 5.82 Å². The van der Waals surface area contributed by atoms with Crippen LogP contribution in [0.25, 0.3) is 5.57 Å². The standard InChI is InChI=1S/C21H18FNO/c1-2-24-15-3-4-19(20-11-13-21(22)14-12-20)10-9-17-5-7-18(16-23)8-6-17/h4-8,11-14H,2-3,15H2,1H3/b19-4+. The number of ether oxygens (including phenoxy) is 1. The van der Waals surface area contributed by atoms with Crippen molar-refractivity contribution in [1.82, 2.24) is 0 Å². The Hall–Kier alpha value is -2.88. The van der Waals surface area contributed by atoms with Gasteiger partial charge in [-0.2, -0.15) is 5.26 Å². The van der Waals surface area contributed by atoms with Gasteiger partial charge < -0.3 is 4.74 Å². The Kier molecular flexibility index (Phi) is 6.77. The van der Waals surface area contributed by atoms with Crippen molar-refractivity contribution in [2.45, 2.75) is 13.3 Å². The summed E-state index contributed by atoms with van der Waals surface area (Å²) in [5.41, 5.74) is 3.13. The van der Waals surface area contributed by atoms with Crippen molar-refractivity contribution in [2.24, 2.45) is 0 Å². The van der Waals surface area contributed by atoms with Gasteiger partial charge in [0.25, 0.3) is 0 Å². The highest BCUT2D eigenvalue weighted by atomic mass is 19.1. The van der Waals surface area contributed by atoms with Gasteiger partial charge >= 0.3 is 0 Å². The highest BCUT2D eigenvalue weighted by Crippen LogP contribution is 2.15. The van der Waals surface area contributed by atoms with Crippen LogP contribution in [0.4, 0.5) is 4.39 Å². The van der Waals surface area contributed by atoms with Gasteiger partial charge in [0.1, 0.15) is 5.82 Å². The van der Waals surface area contributed by atoms with E-state index in [0.29, 0.717) is 18.8 Å². The summed E-state index contributed by atoms with van der Waals surface area (Å²) in [6.45, 7) is 3.26. The lowest BCUT2D eigenvalue weighted by molar-refractivity contribution is 0.152. The van der Waals surface area contributed by atoms with E-state index in [4.69, 9.17) is 10.00 Å². The van der Waals surface area contributed by atoms with Gasteiger partial charge in [-0.05, 0) is 55.3 Å². The Labute approximate surface area is 142 Å². The molecule has 0 aliphatic rings. The third-order valence-corrected chi connectivity index (χ3v) is 3.33. The summed E-state index contributed by atoms with van der Waals surface area (Å²) in [7, 11) is 0. The first kappa shape index (κ1) is 17.5. The normalized spacial score (nSPS) is 10.6. The molecule has 120 valence electrons. The van der Waals surface area contributed by atoms with Crippen LogP contribution in [0.2, 0.25) is 0 Å². The fraction of sp³-hybridized carbons (Fsp3) is 0.190. The number of hydrogen-bond acceptors (Lipinski definition) is 2. The van der Waals surface area contributed by atoms with E-state index in [0.717, 1.165) is 23.1 Å². The summed E-state index contributed by atoms with van der Waals surface area (Å²) in [5.74, 6) is 5.95. The average Bonchev–Trinajstić information content (AvgIpc) is 2.62. The first-order valence-electron chi connectivity index (χ1n) is 7.79. The highest BCUT2D eigenvalue weighted by molar-refractivity contribution is 5.79. The molecule has 2 nitrogen and oxygen atoms in total. The molecule has 0 aliphatic heterocycles. The number of hydrogen-bond donors (Lipinski definition) is 0. The minimum atomic E-state index is -0.271. The quantitative estimate of drug-likeness (QED) is 0.598. The van der Waals surface area contributed by atoms with Crippen LogP contribution in [0.1, 0.15) is 30.0 Å². The van der Waals surface area contributed by atoms with Gasteiger partial charge in [0, 0.05) is 17.7 Å². The first-order chi connectivity index (χ1) is 11.7. The number of benzene rings is 2. The zero-order valence-corrected chi connectivity index (χ0v) is 13.6. The Bertz CT molecular complexity index is 787. The smallest absolute Gasteiger partial charge is 0.123 e. The largest absolute Gasteiger partial charge is 0.381 e. The predicted molar refractivity (Wildman–Crippen MR) is 93.5 cm³/mol. The Morgan fingerprint density at radius 2 is 1.75 bits per heavy atom. The summed E-state index contributed by atoms with van der Waals surface area (Å²) >= 11 is 0. The number of nitrogens with zero attached hydrogens (tertiary/aromatic N) is 1. The van der Waals surface area contributed by atoms with Crippen molar-refractivity contribution in [2.75, 3.05) is 13.2 Å². The molecule has 0 unspecified atom stereocenters. The summed E-state index contributed by atoms with van der Waals surface area (Å²) in [4.78, 5) is 0. The lowest BCUT2D eigenvalue weighted by Crippen LogP contribution is -1.92. The molecule has 0 fully saturated rings. The molecule has 0 radical (unpaired) electrons. The molecule has 0 N–H and O–H groups in total. The van der Waals surface area contributed by atoms with Gasteiger partial charge in [0.05, 0.1) is 18.2 Å². The molecular formula is C21H18FNO. The number of allylic oxidation sites excluding steroid dienone is 1. The molecular weight excluding hydrogens is 301 g/mol. The maximum atomic E-state index is 13.1. The number of nitriles is 1. The fourth-order valence-corrected chi connectivity index (χ4v) is 2.07. The topological polar surface area (TPSA) is 33.0 Å². The van der Waals surface area contributed by atoms with Gasteiger partial charge in [-0.25, -0.2) is 4.39 Å². The number of rotatable bonds is 5. The Morgan fingerprint density at radius 1 is 1.08 bits per heavy atom. The second-order valence-electron chi connectivity index (χ2n) is 5.05. The third-order valence-electron chi connectivity index (χ3n) is 3.33. The van der Waals surface area contributed by atoms with Gasteiger partial charge in [0.15, 0.2) is 0 Å². The monoisotopic (exact) mass is 319 g/mol. The van der Waals surface area contributed by atoms with E-state index < -0.39 is 0 Å². The van der Waals surface area contributed by atoms with Gasteiger partial charge in [-0.1, -0.05) is 30.0 Å². The van der Waals surface area contributed by atoms with E-state index in [2.05, 4.69) is 17.9 Å². The van der Waals surface area contributed by atoms with E-state index in [9.17, 15) is 4.39 Å². The van der Waals surface area contributed by atoms with Gasteiger partial charge in [-0.3, -0.25) is 0 Å². The minimum Gasteiger partial charge on any atom is -0.381 e. The van der Waals surface area contributed by atoms with Crippen LogP contribution in [0.3, 0.4) is 0 Å². The van der Waals surface area contributed by atoms with Gasteiger partial charge in [-0.15, -0.1) is 0 Å². The van der Waals surface area contributed by atoms with Crippen molar-refractivity contribution in [3.8, 4) is 17.9 Å². The third kappa shape index (κ3) is 5.39. The Balaban J connectivity index is 2.23. The van der Waals surface area contributed by atoms with E-state index in [1.54, 1.807) is 24.3 Å². The van der Waals surface area contributed by atoms with Crippen LogP contribution < -0.4 is 0 Å². The lowest BCUT2D eigenvalue weighted by atomic mass is 10.0. The molecule has 24 heavy (non-hydrogen) atoms. The molecule has 2 aromatic carbocycles. The van der Waals surface area contributed by atoms with Crippen molar-refractivity contribution < 1.29 is 9.13 Å². The second-order valence-corrected chi connectivity index (χ2v) is 5.05. The minimum absolute atomic E-state index is 0.271. The SMILES string of the molecule is CCOCC/C=C(\C#Cc1ccc(C#N)cc1)c1ccc(F)cc1. The maximum Gasteiger partial charge on any atom is 0.123 e. The molecule has 0 heterocycles. The molecule has 0 aromatic heterocycles. The van der Waals surface area contributed by atoms with E-state index in [1.165, 1.54) is 12.1 Å². The molecule has 0 aliphatic carbocycles. The van der Waals surface area contributed by atoms with Crippen LogP contribution in [0, 0.1) is 29.0 Å². The molecule has 0 saturated heterocycles. The predicted octanol–water partition coefficient (Wildman–Crippen LogP) is 4.56. The summed E-state index contributed by atoms with van der Waals surface area (Å²) < 4.78 is 18.5. The second kappa shape index (κ2) is 9.30. The van der Waals surface area contributed by atoms with Crippen molar-refractivity contribution in [3.05, 3.63) is 77.1 Å². The number of halogens is 1. The van der Waals surface area contributed by atoms with Crippen LogP contribution in [-0.4, -0.2) is 13.2 Å². The average molecular weight is 319 g/mol. The Morgan fingerprint density at radius 3 is 2.38 bits per heavy atom. The zero-order valence-electron chi connectivity index (χ0n) is 13.6. The van der Waals surface area contributed by atoms with Gasteiger partial charge in [0.2, 0.25) is 0 Å². The lowest BCUT2D eigenvalue weighted by Gasteiger charge is -2.02. The summed E-state index contributed by atoms with van der Waals surface area (Å²) in [6, 6.07) is 15.5. The van der Waals surface area contributed by atoms with Crippen molar-refractivity contribution in [3.63, 3.8) is 0 Å². The maximum absolute atomic E-state index is 13.1. The van der Waals surface area contributed by atoms with Crippen LogP contribution in [-0.2, 0) is 4.74 Å². The highest BCUT2D eigenvalue weighted by Gasteiger charge is 1.99.